The van der Waals surface area contributed by atoms with Gasteiger partial charge in [-0.05, 0) is 77.4 Å². The maximum Gasteiger partial charge on any atom is 0.285 e. The topological polar surface area (TPSA) is 219 Å². The Morgan fingerprint density at radius 3 is 1.70 bits per heavy atom. The van der Waals surface area contributed by atoms with Gasteiger partial charge in [0, 0.05) is 69.2 Å². The number of carbonyl (C=O) groups excluding carboxylic acids is 6. The van der Waals surface area contributed by atoms with Gasteiger partial charge in [-0.3, -0.25) is 24.0 Å². The molecule has 2 N–H and O–H groups in total. The van der Waals surface area contributed by atoms with Gasteiger partial charge in [0.1, 0.15) is 5.78 Å². The van der Waals surface area contributed by atoms with Crippen molar-refractivity contribution < 1.29 is 45.6 Å². The van der Waals surface area contributed by atoms with E-state index in [9.17, 15) is 45.6 Å². The summed E-state index contributed by atoms with van der Waals surface area (Å²) in [6.07, 6.45) is 10.1. The van der Waals surface area contributed by atoms with E-state index in [2.05, 4.69) is 18.8 Å². The SMILES string of the molecule is CC(C)(C)[C@@H](CN1CCCS1(=O)=O)N=C=O.CC(C)(C)[C@H](CC(=O)C[C@H](C(=O)N1CC2(C[C@H]1C(=O)CC(CC1CCC1)C(=O)C(N)=O)C(C)(C)C21CCC1)C(C)(C)C)CN1CCCS1(=O)=O. The standard InChI is InChI=1S/C39H63N3O7S.C10H18N2O3S/c1-35(2,3)27(23-41-16-11-17-50(41,48)49)20-28(43)21-29(36(4,5)6)34(47)42-24-39(37(7,8)38(39)14-10-15-38)22-30(42)31(44)19-26(32(45)33(40)46)18-25-12-9-13-25;1-10(2,3)9(11-8-13)7-12-5-4-6-16(12,14)15/h25-27,29-30H,9-24H2,1-8H3,(H2,40,46);9H,4-7H2,1-3H3/t26?,27-,29-,30+,39?;9-/m11/s1. The molecule has 2 spiro atoms. The molecule has 6 aliphatic rings. The summed E-state index contributed by atoms with van der Waals surface area (Å²) in [6, 6.07) is -1.06. The zero-order valence-corrected chi connectivity index (χ0v) is 43.5. The Kier molecular flexibility index (Phi) is 16.0. The molecule has 0 bridgehead atoms. The molecule has 66 heavy (non-hydrogen) atoms. The molecule has 2 amide bonds. The third-order valence-corrected chi connectivity index (χ3v) is 21.1. The summed E-state index contributed by atoms with van der Waals surface area (Å²) in [7, 11) is -6.44. The van der Waals surface area contributed by atoms with Crippen LogP contribution in [0.2, 0.25) is 0 Å². The van der Waals surface area contributed by atoms with Crippen LogP contribution in [0.25, 0.3) is 0 Å². The molecular weight excluding hydrogens is 883 g/mol. The number of isocyanates is 1. The molecular formula is C49H81N5O10S2. The fourth-order valence-corrected chi connectivity index (χ4v) is 15.2. The molecule has 3 aliphatic heterocycles. The van der Waals surface area contributed by atoms with Gasteiger partial charge in [0.05, 0.1) is 23.6 Å². The number of ketones is 3. The second-order valence-corrected chi connectivity index (χ2v) is 28.7. The summed E-state index contributed by atoms with van der Waals surface area (Å²) in [4.78, 5) is 84.0. The van der Waals surface area contributed by atoms with Crippen molar-refractivity contribution >= 4 is 55.3 Å². The van der Waals surface area contributed by atoms with Crippen molar-refractivity contribution in [3.8, 4) is 0 Å². The smallest absolute Gasteiger partial charge is 0.285 e. The lowest BCUT2D eigenvalue weighted by atomic mass is 9.73. The van der Waals surface area contributed by atoms with Crippen LogP contribution in [-0.2, 0) is 48.8 Å². The molecule has 3 saturated carbocycles. The lowest BCUT2D eigenvalue weighted by Gasteiger charge is -2.37. The number of amides is 2. The molecule has 0 radical (unpaired) electrons. The minimum Gasteiger partial charge on any atom is -0.363 e. The van der Waals surface area contributed by atoms with Crippen molar-refractivity contribution in [3.05, 3.63) is 0 Å². The predicted molar refractivity (Wildman–Crippen MR) is 253 cm³/mol. The maximum absolute atomic E-state index is 14.9. The summed E-state index contributed by atoms with van der Waals surface area (Å²) in [5, 5.41) is 0. The Balaban J connectivity index is 0.000000431. The second-order valence-electron chi connectivity index (χ2n) is 24.5. The first-order valence-corrected chi connectivity index (χ1v) is 27.7. The average molecular weight is 964 g/mol. The maximum atomic E-state index is 14.9. The number of likely N-dealkylation sites (tertiary alicyclic amines) is 1. The number of sulfonamides is 2. The number of aliphatic imine (C=N–C) groups is 1. The van der Waals surface area contributed by atoms with Crippen molar-refractivity contribution in [3.63, 3.8) is 0 Å². The number of nitrogens with zero attached hydrogens (tertiary/aromatic N) is 4. The van der Waals surface area contributed by atoms with Crippen LogP contribution in [0.1, 0.15) is 160 Å². The number of rotatable bonds is 17. The molecule has 0 aromatic carbocycles. The molecule has 3 saturated heterocycles. The first kappa shape index (κ1) is 54.1. The Bertz CT molecular complexity index is 2140. The molecule has 374 valence electrons. The fourth-order valence-electron chi connectivity index (χ4n) is 12.1. The summed E-state index contributed by atoms with van der Waals surface area (Å²) in [5.41, 5.74) is 4.10. The number of Topliss-reactive ketones (excluding diaryl/α,β-unsaturated/α-hetero) is 3. The van der Waals surface area contributed by atoms with E-state index in [0.29, 0.717) is 51.2 Å². The molecule has 6 atom stereocenters. The summed E-state index contributed by atoms with van der Waals surface area (Å²) < 4.78 is 51.5. The van der Waals surface area contributed by atoms with Gasteiger partial charge >= 0.3 is 0 Å². The molecule has 6 rings (SSSR count). The van der Waals surface area contributed by atoms with Gasteiger partial charge in [-0.1, -0.05) is 102 Å². The van der Waals surface area contributed by atoms with E-state index < -0.39 is 55.0 Å². The average Bonchev–Trinajstić information content (AvgIpc) is 3.62. The van der Waals surface area contributed by atoms with Crippen molar-refractivity contribution in [2.45, 2.75) is 172 Å². The van der Waals surface area contributed by atoms with Gasteiger partial charge in [-0.25, -0.2) is 30.9 Å². The zero-order chi connectivity index (χ0) is 49.6. The highest BCUT2D eigenvalue weighted by Crippen LogP contribution is 2.88. The minimum atomic E-state index is -3.33. The minimum absolute atomic E-state index is 0.00504. The van der Waals surface area contributed by atoms with Crippen LogP contribution in [-0.4, -0.2) is 122 Å². The van der Waals surface area contributed by atoms with Crippen LogP contribution in [0.3, 0.4) is 0 Å². The Labute approximate surface area is 395 Å². The quantitative estimate of drug-likeness (QED) is 0.101. The van der Waals surface area contributed by atoms with E-state index in [4.69, 9.17) is 5.73 Å². The van der Waals surface area contributed by atoms with Crippen LogP contribution in [0.5, 0.6) is 0 Å². The summed E-state index contributed by atoms with van der Waals surface area (Å²) in [5.74, 6) is -3.25. The number of nitrogens with two attached hydrogens (primary N) is 1. The molecule has 2 unspecified atom stereocenters. The van der Waals surface area contributed by atoms with Gasteiger partial charge in [-0.2, -0.15) is 4.31 Å². The number of primary amides is 1. The molecule has 6 fully saturated rings. The highest BCUT2D eigenvalue weighted by atomic mass is 32.2. The van der Waals surface area contributed by atoms with Gasteiger partial charge in [-0.15, -0.1) is 0 Å². The highest BCUT2D eigenvalue weighted by molar-refractivity contribution is 7.89. The van der Waals surface area contributed by atoms with Crippen LogP contribution >= 0.6 is 0 Å². The van der Waals surface area contributed by atoms with Crippen molar-refractivity contribution in [2.24, 2.45) is 66.9 Å². The number of hydrogen-bond donors (Lipinski definition) is 1. The van der Waals surface area contributed by atoms with Gasteiger partial charge in [0.2, 0.25) is 37.8 Å². The molecule has 3 heterocycles. The number of hydrogen-bond acceptors (Lipinski definition) is 11. The van der Waals surface area contributed by atoms with Crippen molar-refractivity contribution in [2.75, 3.05) is 44.2 Å². The lowest BCUT2D eigenvalue weighted by Crippen LogP contribution is -2.48. The number of fused-ring (bicyclic) bond motifs is 1. The zero-order valence-electron chi connectivity index (χ0n) is 41.9. The third kappa shape index (κ3) is 11.1. The Morgan fingerprint density at radius 1 is 0.742 bits per heavy atom. The normalized spacial score (nSPS) is 27.4. The fraction of sp³-hybridized carbons (Fsp3) is 0.878. The van der Waals surface area contributed by atoms with E-state index in [1.807, 2.05) is 62.3 Å². The summed E-state index contributed by atoms with van der Waals surface area (Å²) in [6.45, 7) is 24.2. The van der Waals surface area contributed by atoms with E-state index in [-0.39, 0.29) is 100 Å². The molecule has 17 heteroatoms. The van der Waals surface area contributed by atoms with Gasteiger partial charge in [0.25, 0.3) is 5.91 Å². The lowest BCUT2D eigenvalue weighted by molar-refractivity contribution is -0.147. The first-order valence-electron chi connectivity index (χ1n) is 24.5. The molecule has 3 aliphatic carbocycles. The largest absolute Gasteiger partial charge is 0.363 e. The highest BCUT2D eigenvalue weighted by Gasteiger charge is 2.85. The van der Waals surface area contributed by atoms with E-state index in [1.54, 1.807) is 4.90 Å². The van der Waals surface area contributed by atoms with Crippen LogP contribution in [0, 0.1) is 56.2 Å². The van der Waals surface area contributed by atoms with Gasteiger partial charge in [0.15, 0.2) is 5.78 Å². The molecule has 0 aromatic heterocycles. The predicted octanol–water partition coefficient (Wildman–Crippen LogP) is 6.09. The Hall–Kier alpha value is -2.85. The first-order chi connectivity index (χ1) is 30.2. The van der Waals surface area contributed by atoms with Crippen LogP contribution < -0.4 is 5.73 Å². The third-order valence-electron chi connectivity index (χ3n) is 17.3. The van der Waals surface area contributed by atoms with Crippen molar-refractivity contribution in [1.29, 1.82) is 0 Å². The Morgan fingerprint density at radius 2 is 1.30 bits per heavy atom. The second kappa shape index (κ2) is 19.5. The number of carbonyl (C=O) groups is 5. The van der Waals surface area contributed by atoms with Crippen LogP contribution in [0.15, 0.2) is 4.99 Å². The van der Waals surface area contributed by atoms with E-state index in [0.717, 1.165) is 38.5 Å². The van der Waals surface area contributed by atoms with E-state index in [1.165, 1.54) is 14.7 Å². The summed E-state index contributed by atoms with van der Waals surface area (Å²) >= 11 is 0. The molecule has 15 nitrogen and oxygen atoms in total. The van der Waals surface area contributed by atoms with Gasteiger partial charge < -0.3 is 10.6 Å². The van der Waals surface area contributed by atoms with E-state index >= 15 is 0 Å². The van der Waals surface area contributed by atoms with Crippen molar-refractivity contribution in [1.82, 2.24) is 13.5 Å². The molecule has 0 aromatic rings. The van der Waals surface area contributed by atoms with Crippen LogP contribution in [0.4, 0.5) is 0 Å². The monoisotopic (exact) mass is 964 g/mol.